The molecule has 1 aromatic heterocycles. The van der Waals surface area contributed by atoms with Crippen LogP contribution in [0, 0.1) is 6.92 Å². The van der Waals surface area contributed by atoms with Crippen molar-refractivity contribution in [2.24, 2.45) is 0 Å². The molecule has 0 saturated carbocycles. The minimum Gasteiger partial charge on any atom is -0.311 e. The minimum atomic E-state index is -0.127. The molecule has 0 aliphatic rings. The van der Waals surface area contributed by atoms with Gasteiger partial charge in [0.05, 0.1) is 0 Å². The van der Waals surface area contributed by atoms with Crippen LogP contribution in [0.5, 0.6) is 0 Å². The van der Waals surface area contributed by atoms with Gasteiger partial charge in [-0.15, -0.1) is 0 Å². The van der Waals surface area contributed by atoms with Crippen LogP contribution >= 0.6 is 11.6 Å². The van der Waals surface area contributed by atoms with Gasteiger partial charge in [-0.25, -0.2) is 4.98 Å². The third-order valence-electron chi connectivity index (χ3n) is 2.29. The van der Waals surface area contributed by atoms with Gasteiger partial charge >= 0.3 is 0 Å². The molecule has 72 valence electrons. The minimum absolute atomic E-state index is 0.127. The Balaban J connectivity index is 3.16. The lowest BCUT2D eigenvalue weighted by molar-refractivity contribution is 0.443. The Morgan fingerprint density at radius 1 is 1.38 bits per heavy atom. The summed E-state index contributed by atoms with van der Waals surface area (Å²) >= 11 is 6.04. The van der Waals surface area contributed by atoms with Crippen LogP contribution in [-0.2, 0) is 5.54 Å². The molecular weight excluding hydrogens is 184 g/mol. The Hall–Kier alpha value is -0.600. The van der Waals surface area contributed by atoms with Gasteiger partial charge in [0.2, 0.25) is 0 Å². The maximum atomic E-state index is 6.04. The molecule has 0 atom stereocenters. The third-order valence-corrected chi connectivity index (χ3v) is 2.57. The molecule has 2 nitrogen and oxygen atoms in total. The van der Waals surface area contributed by atoms with E-state index in [-0.39, 0.29) is 5.54 Å². The van der Waals surface area contributed by atoms with E-state index in [1.54, 1.807) is 0 Å². The van der Waals surface area contributed by atoms with Gasteiger partial charge in [-0.2, -0.15) is 0 Å². The fourth-order valence-corrected chi connectivity index (χ4v) is 1.56. The first-order chi connectivity index (χ1) is 5.97. The zero-order valence-corrected chi connectivity index (χ0v) is 9.24. The second kappa shape index (κ2) is 3.64. The largest absolute Gasteiger partial charge is 0.311 e. The van der Waals surface area contributed by atoms with Crippen LogP contribution in [0.25, 0.3) is 0 Å². The quantitative estimate of drug-likeness (QED) is 0.739. The predicted octanol–water partition coefficient (Wildman–Crippen LogP) is 2.50. The van der Waals surface area contributed by atoms with Crippen molar-refractivity contribution in [2.45, 2.75) is 26.3 Å². The fraction of sp³-hybridized carbons (Fsp3) is 0.500. The van der Waals surface area contributed by atoms with E-state index in [1.807, 2.05) is 26.1 Å². The van der Waals surface area contributed by atoms with Crippen molar-refractivity contribution in [3.63, 3.8) is 0 Å². The van der Waals surface area contributed by atoms with Gasteiger partial charge in [-0.3, -0.25) is 0 Å². The second-order valence-corrected chi connectivity index (χ2v) is 4.02. The van der Waals surface area contributed by atoms with Gasteiger partial charge in [0.25, 0.3) is 0 Å². The molecule has 1 rings (SSSR count). The highest BCUT2D eigenvalue weighted by Gasteiger charge is 2.21. The van der Waals surface area contributed by atoms with Gasteiger partial charge in [0.15, 0.2) is 0 Å². The maximum absolute atomic E-state index is 6.04. The Bertz CT molecular complexity index is 308. The monoisotopic (exact) mass is 198 g/mol. The Morgan fingerprint density at radius 2 is 2.00 bits per heavy atom. The van der Waals surface area contributed by atoms with E-state index in [2.05, 4.69) is 24.1 Å². The summed E-state index contributed by atoms with van der Waals surface area (Å²) < 4.78 is 0. The maximum Gasteiger partial charge on any atom is 0.134 e. The van der Waals surface area contributed by atoms with Crippen LogP contribution in [0.15, 0.2) is 12.1 Å². The summed E-state index contributed by atoms with van der Waals surface area (Å²) in [6, 6.07) is 3.99. The molecule has 0 bridgehead atoms. The Kier molecular flexibility index (Phi) is 2.94. The van der Waals surface area contributed by atoms with E-state index in [0.29, 0.717) is 5.15 Å². The smallest absolute Gasteiger partial charge is 0.134 e. The SMILES string of the molecule is CNC(C)(C)c1ccc(C)nc1Cl. The number of aromatic nitrogens is 1. The number of hydrogen-bond donors (Lipinski definition) is 1. The number of pyridine rings is 1. The zero-order valence-electron chi connectivity index (χ0n) is 8.48. The number of hydrogen-bond acceptors (Lipinski definition) is 2. The molecule has 0 aromatic carbocycles. The van der Waals surface area contributed by atoms with Crippen LogP contribution in [0.4, 0.5) is 0 Å². The van der Waals surface area contributed by atoms with E-state index >= 15 is 0 Å². The number of nitrogens with zero attached hydrogens (tertiary/aromatic N) is 1. The highest BCUT2D eigenvalue weighted by Crippen LogP contribution is 2.25. The first-order valence-corrected chi connectivity index (χ1v) is 4.67. The van der Waals surface area contributed by atoms with Crippen LogP contribution in [0.1, 0.15) is 25.1 Å². The molecule has 0 aliphatic carbocycles. The summed E-state index contributed by atoms with van der Waals surface area (Å²) in [6.07, 6.45) is 0. The van der Waals surface area contributed by atoms with Crippen LogP contribution < -0.4 is 5.32 Å². The topological polar surface area (TPSA) is 24.9 Å². The van der Waals surface area contributed by atoms with Crippen LogP contribution in [0.2, 0.25) is 5.15 Å². The predicted molar refractivity (Wildman–Crippen MR) is 56.1 cm³/mol. The normalized spacial score (nSPS) is 11.8. The first kappa shape index (κ1) is 10.5. The second-order valence-electron chi connectivity index (χ2n) is 3.67. The summed E-state index contributed by atoms with van der Waals surface area (Å²) in [7, 11) is 1.91. The average Bonchev–Trinajstić information content (AvgIpc) is 2.03. The molecule has 13 heavy (non-hydrogen) atoms. The molecule has 0 saturated heterocycles. The molecule has 0 amide bonds. The van der Waals surface area contributed by atoms with Crippen molar-refractivity contribution in [3.8, 4) is 0 Å². The number of rotatable bonds is 2. The van der Waals surface area contributed by atoms with Gasteiger partial charge in [0.1, 0.15) is 5.15 Å². The molecule has 1 heterocycles. The summed E-state index contributed by atoms with van der Waals surface area (Å²) in [6.45, 7) is 6.08. The molecule has 3 heteroatoms. The fourth-order valence-electron chi connectivity index (χ4n) is 1.13. The van der Waals surface area contributed by atoms with E-state index in [9.17, 15) is 0 Å². The molecule has 0 aliphatic heterocycles. The molecular formula is C10H15ClN2. The van der Waals surface area contributed by atoms with Crippen molar-refractivity contribution in [2.75, 3.05) is 7.05 Å². The van der Waals surface area contributed by atoms with Gasteiger partial charge in [-0.1, -0.05) is 17.7 Å². The van der Waals surface area contributed by atoms with Crippen LogP contribution in [0.3, 0.4) is 0 Å². The van der Waals surface area contributed by atoms with Crippen LogP contribution in [-0.4, -0.2) is 12.0 Å². The lowest BCUT2D eigenvalue weighted by atomic mass is 9.96. The van der Waals surface area contributed by atoms with Crippen molar-refractivity contribution < 1.29 is 0 Å². The number of nitrogens with one attached hydrogen (secondary N) is 1. The van der Waals surface area contributed by atoms with E-state index in [1.165, 1.54) is 0 Å². The van der Waals surface area contributed by atoms with Crippen molar-refractivity contribution in [1.82, 2.24) is 10.3 Å². The first-order valence-electron chi connectivity index (χ1n) is 4.30. The molecule has 0 fully saturated rings. The van der Waals surface area contributed by atoms with Gasteiger partial charge in [0, 0.05) is 16.8 Å². The number of halogens is 1. The molecule has 1 N–H and O–H groups in total. The molecule has 0 spiro atoms. The lowest BCUT2D eigenvalue weighted by Crippen LogP contribution is -2.33. The van der Waals surface area contributed by atoms with Gasteiger partial charge < -0.3 is 5.32 Å². The highest BCUT2D eigenvalue weighted by atomic mass is 35.5. The Labute approximate surface area is 84.3 Å². The number of aryl methyl sites for hydroxylation is 1. The standard InChI is InChI=1S/C10H15ClN2/c1-7-5-6-8(9(11)13-7)10(2,3)12-4/h5-6,12H,1-4H3. The van der Waals surface area contributed by atoms with E-state index in [0.717, 1.165) is 11.3 Å². The Morgan fingerprint density at radius 3 is 2.46 bits per heavy atom. The molecule has 0 radical (unpaired) electrons. The third kappa shape index (κ3) is 2.20. The van der Waals surface area contributed by atoms with Crippen molar-refractivity contribution in [1.29, 1.82) is 0 Å². The summed E-state index contributed by atoms with van der Waals surface area (Å²) in [5, 5.41) is 3.78. The summed E-state index contributed by atoms with van der Waals surface area (Å²) in [4.78, 5) is 4.21. The average molecular weight is 199 g/mol. The summed E-state index contributed by atoms with van der Waals surface area (Å²) in [5.74, 6) is 0. The van der Waals surface area contributed by atoms with Gasteiger partial charge in [-0.05, 0) is 33.9 Å². The summed E-state index contributed by atoms with van der Waals surface area (Å²) in [5.41, 5.74) is 1.85. The molecule has 0 unspecified atom stereocenters. The van der Waals surface area contributed by atoms with E-state index in [4.69, 9.17) is 11.6 Å². The van der Waals surface area contributed by atoms with E-state index < -0.39 is 0 Å². The van der Waals surface area contributed by atoms with Crippen molar-refractivity contribution >= 4 is 11.6 Å². The lowest BCUT2D eigenvalue weighted by Gasteiger charge is -2.25. The van der Waals surface area contributed by atoms with Crippen molar-refractivity contribution in [3.05, 3.63) is 28.5 Å². The zero-order chi connectivity index (χ0) is 10.1. The highest BCUT2D eigenvalue weighted by molar-refractivity contribution is 6.30. The molecule has 1 aromatic rings.